The number of aromatic nitrogens is 1. The molecule has 3 nitrogen and oxygen atoms in total. The average Bonchev–Trinajstić information content (AvgIpc) is 2.34. The molecule has 0 saturated heterocycles. The lowest BCUT2D eigenvalue weighted by molar-refractivity contribution is -0.137. The maximum Gasteiger partial charge on any atom is 0.416 e. The predicted molar refractivity (Wildman–Crippen MR) is 65.7 cm³/mol. The van der Waals surface area contributed by atoms with Crippen molar-refractivity contribution in [2.75, 3.05) is 5.73 Å². The van der Waals surface area contributed by atoms with Crippen LogP contribution >= 0.6 is 0 Å². The van der Waals surface area contributed by atoms with Gasteiger partial charge in [-0.2, -0.15) is 13.2 Å². The van der Waals surface area contributed by atoms with Crippen LogP contribution in [0.25, 0.3) is 0 Å². The van der Waals surface area contributed by atoms with Gasteiger partial charge in [-0.3, -0.25) is 4.79 Å². The number of alkyl halides is 3. The van der Waals surface area contributed by atoms with Crippen molar-refractivity contribution in [2.24, 2.45) is 0 Å². The molecule has 0 amide bonds. The van der Waals surface area contributed by atoms with Crippen molar-refractivity contribution >= 4 is 5.69 Å². The van der Waals surface area contributed by atoms with Crippen LogP contribution < -0.4 is 11.3 Å². The van der Waals surface area contributed by atoms with Crippen LogP contribution in [-0.2, 0) is 12.7 Å². The van der Waals surface area contributed by atoms with E-state index in [1.807, 2.05) is 0 Å². The monoisotopic (exact) mass is 268 g/mol. The summed E-state index contributed by atoms with van der Waals surface area (Å²) in [5, 5.41) is 0. The summed E-state index contributed by atoms with van der Waals surface area (Å²) in [4.78, 5) is 11.7. The molecular formula is C13H11F3N2O. The molecule has 100 valence electrons. The Balaban J connectivity index is 2.34. The molecule has 0 fully saturated rings. The van der Waals surface area contributed by atoms with E-state index in [9.17, 15) is 18.0 Å². The molecule has 19 heavy (non-hydrogen) atoms. The van der Waals surface area contributed by atoms with Crippen molar-refractivity contribution in [3.05, 3.63) is 64.1 Å². The van der Waals surface area contributed by atoms with Crippen LogP contribution in [-0.4, -0.2) is 4.57 Å². The Hall–Kier alpha value is -2.24. The summed E-state index contributed by atoms with van der Waals surface area (Å²) >= 11 is 0. The van der Waals surface area contributed by atoms with Crippen molar-refractivity contribution < 1.29 is 13.2 Å². The summed E-state index contributed by atoms with van der Waals surface area (Å²) in [5.74, 6) is 0. The largest absolute Gasteiger partial charge is 0.416 e. The maximum atomic E-state index is 12.6. The fourth-order valence-corrected chi connectivity index (χ4v) is 1.72. The molecular weight excluding hydrogens is 257 g/mol. The molecule has 0 atom stereocenters. The van der Waals surface area contributed by atoms with E-state index in [0.717, 1.165) is 12.1 Å². The Morgan fingerprint density at radius 3 is 2.58 bits per heavy atom. The van der Waals surface area contributed by atoms with Gasteiger partial charge < -0.3 is 10.3 Å². The highest BCUT2D eigenvalue weighted by Gasteiger charge is 2.30. The number of benzene rings is 1. The Morgan fingerprint density at radius 2 is 1.89 bits per heavy atom. The Kier molecular flexibility index (Phi) is 3.33. The lowest BCUT2D eigenvalue weighted by atomic mass is 10.1. The van der Waals surface area contributed by atoms with E-state index in [2.05, 4.69) is 0 Å². The van der Waals surface area contributed by atoms with Gasteiger partial charge in [0, 0.05) is 6.20 Å². The van der Waals surface area contributed by atoms with E-state index in [4.69, 9.17) is 5.73 Å². The number of nitrogens with zero attached hydrogens (tertiary/aromatic N) is 1. The second-order valence-electron chi connectivity index (χ2n) is 4.09. The lowest BCUT2D eigenvalue weighted by Gasteiger charge is -2.10. The zero-order chi connectivity index (χ0) is 14.0. The van der Waals surface area contributed by atoms with Crippen LogP contribution in [0.2, 0.25) is 0 Å². The van der Waals surface area contributed by atoms with E-state index >= 15 is 0 Å². The molecule has 2 N–H and O–H groups in total. The summed E-state index contributed by atoms with van der Waals surface area (Å²) in [5.41, 5.74) is 4.76. The van der Waals surface area contributed by atoms with Gasteiger partial charge in [0.1, 0.15) is 0 Å². The first-order valence-electron chi connectivity index (χ1n) is 5.49. The van der Waals surface area contributed by atoms with Crippen LogP contribution in [0.1, 0.15) is 11.1 Å². The summed E-state index contributed by atoms with van der Waals surface area (Å²) in [6.07, 6.45) is -2.91. The van der Waals surface area contributed by atoms with E-state index < -0.39 is 17.3 Å². The van der Waals surface area contributed by atoms with E-state index in [-0.39, 0.29) is 12.2 Å². The van der Waals surface area contributed by atoms with Crippen LogP contribution in [0.4, 0.5) is 18.9 Å². The molecule has 1 heterocycles. The molecule has 0 bridgehead atoms. The number of nitrogens with two attached hydrogens (primary N) is 1. The van der Waals surface area contributed by atoms with Gasteiger partial charge in [-0.1, -0.05) is 12.1 Å². The number of hydrogen-bond acceptors (Lipinski definition) is 2. The fraction of sp³-hybridized carbons (Fsp3) is 0.154. The molecule has 0 saturated carbocycles. The molecule has 2 aromatic rings. The highest BCUT2D eigenvalue weighted by atomic mass is 19.4. The second kappa shape index (κ2) is 4.79. The first kappa shape index (κ1) is 13.2. The van der Waals surface area contributed by atoms with Gasteiger partial charge >= 0.3 is 6.18 Å². The predicted octanol–water partition coefficient (Wildman–Crippen LogP) is 2.50. The number of pyridine rings is 1. The van der Waals surface area contributed by atoms with Gasteiger partial charge in [0.15, 0.2) is 0 Å². The minimum atomic E-state index is -4.39. The fourth-order valence-electron chi connectivity index (χ4n) is 1.72. The Morgan fingerprint density at radius 1 is 1.16 bits per heavy atom. The standard InChI is InChI=1S/C13H11F3N2O/c14-13(15,16)10-4-1-3-9(7-10)8-18-6-2-5-11(17)12(18)19/h1-7H,8,17H2. The Bertz CT molecular complexity index is 647. The number of halogens is 3. The summed E-state index contributed by atoms with van der Waals surface area (Å²) < 4.78 is 39.0. The van der Waals surface area contributed by atoms with Crippen molar-refractivity contribution in [1.29, 1.82) is 0 Å². The summed E-state index contributed by atoms with van der Waals surface area (Å²) in [7, 11) is 0. The summed E-state index contributed by atoms with van der Waals surface area (Å²) in [6.45, 7) is 0.0494. The number of rotatable bonds is 2. The molecule has 0 spiro atoms. The van der Waals surface area contributed by atoms with E-state index in [1.165, 1.54) is 29.0 Å². The molecule has 0 aliphatic carbocycles. The van der Waals surface area contributed by atoms with Gasteiger partial charge in [-0.15, -0.1) is 0 Å². The third-order valence-corrected chi connectivity index (χ3v) is 2.66. The Labute approximate surface area is 107 Å². The minimum absolute atomic E-state index is 0.0494. The molecule has 0 unspecified atom stereocenters. The SMILES string of the molecule is Nc1cccn(Cc2cccc(C(F)(F)F)c2)c1=O. The molecule has 1 aromatic carbocycles. The molecule has 0 aliphatic heterocycles. The van der Waals surface area contributed by atoms with Gasteiger partial charge in [-0.25, -0.2) is 0 Å². The van der Waals surface area contributed by atoms with Gasteiger partial charge in [-0.05, 0) is 29.8 Å². The van der Waals surface area contributed by atoms with Gasteiger partial charge in [0.05, 0.1) is 17.8 Å². The normalized spacial score (nSPS) is 11.5. The zero-order valence-corrected chi connectivity index (χ0v) is 9.82. The van der Waals surface area contributed by atoms with Crippen molar-refractivity contribution in [3.8, 4) is 0 Å². The minimum Gasteiger partial charge on any atom is -0.394 e. The molecule has 1 aromatic heterocycles. The maximum absolute atomic E-state index is 12.6. The first-order valence-corrected chi connectivity index (χ1v) is 5.49. The molecule has 0 radical (unpaired) electrons. The van der Waals surface area contributed by atoms with Crippen molar-refractivity contribution in [3.63, 3.8) is 0 Å². The van der Waals surface area contributed by atoms with Crippen LogP contribution in [0.5, 0.6) is 0 Å². The lowest BCUT2D eigenvalue weighted by Crippen LogP contribution is -2.22. The highest BCUT2D eigenvalue weighted by Crippen LogP contribution is 2.29. The molecule has 2 rings (SSSR count). The third-order valence-electron chi connectivity index (χ3n) is 2.66. The third kappa shape index (κ3) is 2.96. The van der Waals surface area contributed by atoms with E-state index in [1.54, 1.807) is 6.07 Å². The number of hydrogen-bond donors (Lipinski definition) is 1. The smallest absolute Gasteiger partial charge is 0.394 e. The van der Waals surface area contributed by atoms with Crippen LogP contribution in [0, 0.1) is 0 Å². The van der Waals surface area contributed by atoms with Crippen LogP contribution in [0.15, 0.2) is 47.4 Å². The number of nitrogen functional groups attached to an aromatic ring is 1. The first-order chi connectivity index (χ1) is 8.88. The van der Waals surface area contributed by atoms with Gasteiger partial charge in [0.2, 0.25) is 0 Å². The summed E-state index contributed by atoms with van der Waals surface area (Å²) in [6, 6.07) is 7.89. The van der Waals surface area contributed by atoms with Crippen LogP contribution in [0.3, 0.4) is 0 Å². The van der Waals surface area contributed by atoms with E-state index in [0.29, 0.717) is 5.56 Å². The number of anilines is 1. The second-order valence-corrected chi connectivity index (χ2v) is 4.09. The van der Waals surface area contributed by atoms with Crippen molar-refractivity contribution in [1.82, 2.24) is 4.57 Å². The molecule has 6 heteroatoms. The quantitative estimate of drug-likeness (QED) is 0.909. The zero-order valence-electron chi connectivity index (χ0n) is 9.82. The highest BCUT2D eigenvalue weighted by molar-refractivity contribution is 5.34. The van der Waals surface area contributed by atoms with Crippen molar-refractivity contribution in [2.45, 2.75) is 12.7 Å². The molecule has 0 aliphatic rings. The van der Waals surface area contributed by atoms with Gasteiger partial charge in [0.25, 0.3) is 5.56 Å². The average molecular weight is 268 g/mol. The topological polar surface area (TPSA) is 48.0 Å².